The van der Waals surface area contributed by atoms with Gasteiger partial charge in [0.15, 0.2) is 0 Å². The van der Waals surface area contributed by atoms with E-state index in [9.17, 15) is 36.7 Å². The first-order chi connectivity index (χ1) is 13.4. The van der Waals surface area contributed by atoms with Crippen LogP contribution in [0.15, 0.2) is 27.8 Å². The lowest BCUT2D eigenvalue weighted by Gasteiger charge is -2.15. The summed E-state index contributed by atoms with van der Waals surface area (Å²) in [6.07, 6.45) is -4.99. The predicted molar refractivity (Wildman–Crippen MR) is 96.1 cm³/mol. The molecule has 0 spiro atoms. The molecule has 156 valence electrons. The van der Waals surface area contributed by atoms with Crippen molar-refractivity contribution in [3.8, 4) is 5.69 Å². The molecule has 0 aliphatic carbocycles. The minimum atomic E-state index is -4.99. The van der Waals surface area contributed by atoms with E-state index in [1.54, 1.807) is 0 Å². The van der Waals surface area contributed by atoms with Gasteiger partial charge in [-0.1, -0.05) is 23.4 Å². The van der Waals surface area contributed by atoms with Crippen molar-refractivity contribution in [1.29, 1.82) is 0 Å². The van der Waals surface area contributed by atoms with Gasteiger partial charge in [0.2, 0.25) is 5.12 Å². The van der Waals surface area contributed by atoms with Crippen molar-refractivity contribution >= 4 is 34.4 Å². The molecule has 0 saturated carbocycles. The number of hydrogen-bond acceptors (Lipinski definition) is 6. The molecule has 1 aromatic heterocycles. The highest BCUT2D eigenvalue weighted by atomic mass is 35.5. The highest BCUT2D eigenvalue weighted by Gasteiger charge is 2.35. The van der Waals surface area contributed by atoms with E-state index >= 15 is 0 Å². The van der Waals surface area contributed by atoms with Crippen LogP contribution < -0.4 is 11.2 Å². The van der Waals surface area contributed by atoms with Gasteiger partial charge in [-0.25, -0.2) is 13.8 Å². The van der Waals surface area contributed by atoms with Crippen LogP contribution in [0.4, 0.5) is 17.6 Å². The van der Waals surface area contributed by atoms with Crippen molar-refractivity contribution in [2.24, 2.45) is 7.05 Å². The van der Waals surface area contributed by atoms with Crippen LogP contribution in [-0.4, -0.2) is 33.1 Å². The molecule has 0 saturated heterocycles. The smallest absolute Gasteiger partial charge is 0.431 e. The Morgan fingerprint density at radius 2 is 1.83 bits per heavy atom. The van der Waals surface area contributed by atoms with E-state index in [-0.39, 0.29) is 31.5 Å². The molecule has 7 nitrogen and oxygen atoms in total. The Kier molecular flexibility index (Phi) is 6.58. The molecular formula is C16H11ClF4N2O5S. The van der Waals surface area contributed by atoms with Crippen LogP contribution in [0.1, 0.15) is 16.1 Å². The molecule has 0 aliphatic heterocycles. The van der Waals surface area contributed by atoms with Crippen LogP contribution in [-0.2, 0) is 22.8 Å². The van der Waals surface area contributed by atoms with E-state index in [1.807, 2.05) is 0 Å². The normalized spacial score (nSPS) is 11.4. The average Bonchev–Trinajstić information content (AvgIpc) is 2.63. The van der Waals surface area contributed by atoms with Gasteiger partial charge in [0, 0.05) is 18.7 Å². The molecule has 0 radical (unpaired) electrons. The molecule has 0 bridgehead atoms. The third-order valence-electron chi connectivity index (χ3n) is 3.66. The molecule has 0 fully saturated rings. The third kappa shape index (κ3) is 4.70. The molecule has 2 rings (SSSR count). The number of alkyl halides is 3. The zero-order valence-electron chi connectivity index (χ0n) is 14.7. The maximum atomic E-state index is 14.4. The summed E-state index contributed by atoms with van der Waals surface area (Å²) >= 11 is 6.28. The lowest BCUT2D eigenvalue weighted by molar-refractivity contribution is -0.144. The first-order valence-electron chi connectivity index (χ1n) is 7.52. The van der Waals surface area contributed by atoms with Crippen LogP contribution >= 0.6 is 23.4 Å². The van der Waals surface area contributed by atoms with Crippen molar-refractivity contribution in [2.75, 3.05) is 12.9 Å². The minimum Gasteiger partial charge on any atom is -0.468 e. The summed E-state index contributed by atoms with van der Waals surface area (Å²) in [5.74, 6) is -2.33. The number of thioether (sulfide) groups is 1. The van der Waals surface area contributed by atoms with E-state index < -0.39 is 45.7 Å². The topological polar surface area (TPSA) is 87.4 Å². The standard InChI is InChI=1S/C16H11ClF4N2O5S/c1-22-11(16(19,20)21)5-12(24)23(15(22)27)10-3-7(8(17)4-9(10)18)14(26)29-6-13(25)28-2/h3-5H,6H2,1-2H3. The number of halogens is 5. The molecule has 0 unspecified atom stereocenters. The average molecular weight is 455 g/mol. The Morgan fingerprint density at radius 3 is 2.38 bits per heavy atom. The molecule has 0 atom stereocenters. The van der Waals surface area contributed by atoms with Crippen LogP contribution in [0.5, 0.6) is 0 Å². The van der Waals surface area contributed by atoms with E-state index in [2.05, 4.69) is 4.74 Å². The lowest BCUT2D eigenvalue weighted by atomic mass is 10.2. The highest BCUT2D eigenvalue weighted by Crippen LogP contribution is 2.28. The van der Waals surface area contributed by atoms with E-state index in [4.69, 9.17) is 11.6 Å². The van der Waals surface area contributed by atoms with Crippen LogP contribution in [0, 0.1) is 5.82 Å². The zero-order chi connectivity index (χ0) is 22.1. The second-order valence-corrected chi connectivity index (χ2v) is 6.83. The Hall–Kier alpha value is -2.60. The van der Waals surface area contributed by atoms with Gasteiger partial charge in [0.25, 0.3) is 5.56 Å². The van der Waals surface area contributed by atoms with Gasteiger partial charge in [0.05, 0.1) is 23.6 Å². The maximum absolute atomic E-state index is 14.4. The number of aromatic nitrogens is 2. The Balaban J connectivity index is 2.64. The Labute approximate surface area is 168 Å². The van der Waals surface area contributed by atoms with Crippen molar-refractivity contribution in [3.05, 3.63) is 61.1 Å². The van der Waals surface area contributed by atoms with E-state index in [0.717, 1.165) is 20.2 Å². The number of carbonyl (C=O) groups excluding carboxylic acids is 2. The highest BCUT2D eigenvalue weighted by molar-refractivity contribution is 8.14. The second-order valence-electron chi connectivity index (χ2n) is 5.48. The SMILES string of the molecule is COC(=O)CSC(=O)c1cc(-n2c(=O)cc(C(F)(F)F)n(C)c2=O)c(F)cc1Cl. The second kappa shape index (κ2) is 8.41. The summed E-state index contributed by atoms with van der Waals surface area (Å²) in [5.41, 5.74) is -5.58. The number of methoxy groups -OCH3 is 1. The molecule has 2 aromatic rings. The Morgan fingerprint density at radius 1 is 1.21 bits per heavy atom. The fraction of sp³-hybridized carbons (Fsp3) is 0.250. The monoisotopic (exact) mass is 454 g/mol. The van der Waals surface area contributed by atoms with Gasteiger partial charge < -0.3 is 4.74 Å². The van der Waals surface area contributed by atoms with Crippen LogP contribution in [0.25, 0.3) is 5.69 Å². The summed E-state index contributed by atoms with van der Waals surface area (Å²) in [5, 5.41) is -1.19. The summed E-state index contributed by atoms with van der Waals surface area (Å²) < 4.78 is 57.8. The van der Waals surface area contributed by atoms with Crippen molar-refractivity contribution in [1.82, 2.24) is 9.13 Å². The number of rotatable bonds is 4. The zero-order valence-corrected chi connectivity index (χ0v) is 16.2. The summed E-state index contributed by atoms with van der Waals surface area (Å²) in [6, 6.07) is 1.51. The predicted octanol–water partition coefficient (Wildman–Crippen LogP) is 2.39. The van der Waals surface area contributed by atoms with E-state index in [0.29, 0.717) is 17.8 Å². The van der Waals surface area contributed by atoms with E-state index in [1.165, 1.54) is 0 Å². The van der Waals surface area contributed by atoms with Gasteiger partial charge >= 0.3 is 17.8 Å². The lowest BCUT2D eigenvalue weighted by Crippen LogP contribution is -2.41. The number of ether oxygens (including phenoxy) is 1. The van der Waals surface area contributed by atoms with Crippen LogP contribution in [0.2, 0.25) is 5.02 Å². The summed E-state index contributed by atoms with van der Waals surface area (Å²) in [7, 11) is 1.86. The molecular weight excluding hydrogens is 444 g/mol. The number of hydrogen-bond donors (Lipinski definition) is 0. The fourth-order valence-corrected chi connectivity index (χ4v) is 3.23. The minimum absolute atomic E-state index is 0.128. The number of nitrogens with zero attached hydrogens (tertiary/aromatic N) is 2. The molecule has 0 aliphatic rings. The van der Waals surface area contributed by atoms with Gasteiger partial charge in [0.1, 0.15) is 11.5 Å². The quantitative estimate of drug-likeness (QED) is 0.521. The van der Waals surface area contributed by atoms with Gasteiger partial charge in [-0.3, -0.25) is 19.0 Å². The molecule has 13 heteroatoms. The first-order valence-corrected chi connectivity index (χ1v) is 8.88. The number of benzene rings is 1. The van der Waals surface area contributed by atoms with Gasteiger partial charge in [-0.15, -0.1) is 0 Å². The van der Waals surface area contributed by atoms with Gasteiger partial charge in [-0.2, -0.15) is 13.2 Å². The third-order valence-corrected chi connectivity index (χ3v) is 4.83. The fourth-order valence-electron chi connectivity index (χ4n) is 2.25. The molecule has 0 amide bonds. The maximum Gasteiger partial charge on any atom is 0.431 e. The largest absolute Gasteiger partial charge is 0.468 e. The molecule has 29 heavy (non-hydrogen) atoms. The Bertz CT molecular complexity index is 1110. The first kappa shape index (κ1) is 22.7. The molecule has 1 heterocycles. The molecule has 0 N–H and O–H groups in total. The number of carbonyl (C=O) groups is 2. The summed E-state index contributed by atoms with van der Waals surface area (Å²) in [4.78, 5) is 47.8. The van der Waals surface area contributed by atoms with Crippen molar-refractivity contribution in [3.63, 3.8) is 0 Å². The van der Waals surface area contributed by atoms with Crippen molar-refractivity contribution in [2.45, 2.75) is 6.18 Å². The van der Waals surface area contributed by atoms with Crippen LogP contribution in [0.3, 0.4) is 0 Å². The van der Waals surface area contributed by atoms with Crippen molar-refractivity contribution < 1.29 is 31.9 Å². The molecule has 1 aromatic carbocycles. The summed E-state index contributed by atoms with van der Waals surface area (Å²) in [6.45, 7) is 0. The van der Waals surface area contributed by atoms with Gasteiger partial charge in [-0.05, 0) is 12.1 Å². The number of esters is 1.